The van der Waals surface area contributed by atoms with E-state index in [0.717, 1.165) is 12.0 Å². The highest BCUT2D eigenvalue weighted by molar-refractivity contribution is 5.41. The summed E-state index contributed by atoms with van der Waals surface area (Å²) in [6.45, 7) is 5.96. The fourth-order valence-electron chi connectivity index (χ4n) is 0.932. The SMILES string of the molecule is CC.CCc1ccc(C#N)cc1O. The van der Waals surface area contributed by atoms with E-state index in [4.69, 9.17) is 5.26 Å². The van der Waals surface area contributed by atoms with Crippen molar-refractivity contribution in [2.75, 3.05) is 0 Å². The molecule has 0 fully saturated rings. The van der Waals surface area contributed by atoms with Crippen molar-refractivity contribution in [2.24, 2.45) is 0 Å². The lowest BCUT2D eigenvalue weighted by atomic mass is 10.1. The number of nitrogens with zero attached hydrogens (tertiary/aromatic N) is 1. The molecule has 2 heteroatoms. The van der Waals surface area contributed by atoms with Gasteiger partial charge in [-0.2, -0.15) is 5.26 Å². The van der Waals surface area contributed by atoms with E-state index in [1.807, 2.05) is 26.8 Å². The Morgan fingerprint density at radius 2 is 2.00 bits per heavy atom. The molecule has 0 aliphatic carbocycles. The maximum Gasteiger partial charge on any atom is 0.120 e. The van der Waals surface area contributed by atoms with Crippen LogP contribution in [-0.2, 0) is 6.42 Å². The summed E-state index contributed by atoms with van der Waals surface area (Å²) in [6, 6.07) is 6.92. The molecule has 0 amide bonds. The Bertz CT molecular complexity index is 299. The van der Waals surface area contributed by atoms with Crippen LogP contribution >= 0.6 is 0 Å². The van der Waals surface area contributed by atoms with Crippen LogP contribution in [0, 0.1) is 11.3 Å². The number of hydrogen-bond acceptors (Lipinski definition) is 2. The van der Waals surface area contributed by atoms with Gasteiger partial charge in [-0.05, 0) is 24.1 Å². The third kappa shape index (κ3) is 3.16. The van der Waals surface area contributed by atoms with Gasteiger partial charge in [0.25, 0.3) is 0 Å². The smallest absolute Gasteiger partial charge is 0.120 e. The second kappa shape index (κ2) is 6.07. The molecule has 2 nitrogen and oxygen atoms in total. The van der Waals surface area contributed by atoms with Crippen LogP contribution in [0.25, 0.3) is 0 Å². The fourth-order valence-corrected chi connectivity index (χ4v) is 0.932. The molecule has 0 heterocycles. The van der Waals surface area contributed by atoms with Gasteiger partial charge in [0.15, 0.2) is 0 Å². The van der Waals surface area contributed by atoms with Gasteiger partial charge < -0.3 is 5.11 Å². The van der Waals surface area contributed by atoms with Crippen LogP contribution in [0.4, 0.5) is 0 Å². The zero-order valence-corrected chi connectivity index (χ0v) is 8.33. The van der Waals surface area contributed by atoms with Gasteiger partial charge in [-0.3, -0.25) is 0 Å². The lowest BCUT2D eigenvalue weighted by Gasteiger charge is -1.99. The first kappa shape index (κ1) is 11.5. The van der Waals surface area contributed by atoms with Crippen molar-refractivity contribution in [3.63, 3.8) is 0 Å². The zero-order chi connectivity index (χ0) is 10.3. The molecule has 70 valence electrons. The van der Waals surface area contributed by atoms with E-state index in [1.165, 1.54) is 6.07 Å². The van der Waals surface area contributed by atoms with Crippen LogP contribution in [0.3, 0.4) is 0 Å². The van der Waals surface area contributed by atoms with Gasteiger partial charge in [0.1, 0.15) is 5.75 Å². The van der Waals surface area contributed by atoms with E-state index >= 15 is 0 Å². The Morgan fingerprint density at radius 1 is 1.38 bits per heavy atom. The second-order valence-electron chi connectivity index (χ2n) is 2.31. The molecule has 0 aliphatic heterocycles. The maximum absolute atomic E-state index is 9.27. The predicted octanol–water partition coefficient (Wildman–Crippen LogP) is 2.85. The summed E-state index contributed by atoms with van der Waals surface area (Å²) < 4.78 is 0. The second-order valence-corrected chi connectivity index (χ2v) is 2.31. The highest BCUT2D eigenvalue weighted by atomic mass is 16.3. The van der Waals surface area contributed by atoms with Gasteiger partial charge in [-0.15, -0.1) is 0 Å². The summed E-state index contributed by atoms with van der Waals surface area (Å²) >= 11 is 0. The molecule has 0 bridgehead atoms. The Morgan fingerprint density at radius 3 is 2.38 bits per heavy atom. The summed E-state index contributed by atoms with van der Waals surface area (Å²) in [7, 11) is 0. The van der Waals surface area contributed by atoms with Crippen LogP contribution < -0.4 is 0 Å². The van der Waals surface area contributed by atoms with Crippen LogP contribution in [0.2, 0.25) is 0 Å². The Hall–Kier alpha value is -1.49. The van der Waals surface area contributed by atoms with Crippen molar-refractivity contribution in [3.8, 4) is 11.8 Å². The minimum absolute atomic E-state index is 0.214. The molecule has 0 saturated carbocycles. The molecule has 13 heavy (non-hydrogen) atoms. The number of phenols is 1. The van der Waals surface area contributed by atoms with Crippen LogP contribution in [0.1, 0.15) is 31.9 Å². The van der Waals surface area contributed by atoms with Crippen molar-refractivity contribution in [3.05, 3.63) is 29.3 Å². The quantitative estimate of drug-likeness (QED) is 0.716. The number of rotatable bonds is 1. The van der Waals surface area contributed by atoms with Gasteiger partial charge >= 0.3 is 0 Å². The number of benzene rings is 1. The van der Waals surface area contributed by atoms with E-state index in [1.54, 1.807) is 12.1 Å². The van der Waals surface area contributed by atoms with E-state index in [9.17, 15) is 5.11 Å². The van der Waals surface area contributed by atoms with E-state index < -0.39 is 0 Å². The first-order valence-electron chi connectivity index (χ1n) is 4.50. The summed E-state index contributed by atoms with van der Waals surface area (Å²) in [5.74, 6) is 0.214. The van der Waals surface area contributed by atoms with Crippen LogP contribution in [-0.4, -0.2) is 5.11 Å². The molecule has 0 spiro atoms. The molecular formula is C11H15NO. The largest absolute Gasteiger partial charge is 0.508 e. The molecule has 0 radical (unpaired) electrons. The topological polar surface area (TPSA) is 44.0 Å². The van der Waals surface area contributed by atoms with Crippen molar-refractivity contribution in [2.45, 2.75) is 27.2 Å². The average Bonchev–Trinajstić information content (AvgIpc) is 2.20. The standard InChI is InChI=1S/C9H9NO.C2H6/c1-2-8-4-3-7(6-10)5-9(8)11;1-2/h3-5,11H,2H2,1H3;1-2H3. The van der Waals surface area contributed by atoms with Crippen molar-refractivity contribution < 1.29 is 5.11 Å². The third-order valence-electron chi connectivity index (χ3n) is 1.60. The van der Waals surface area contributed by atoms with E-state index in [2.05, 4.69) is 0 Å². The predicted molar refractivity (Wildman–Crippen MR) is 53.5 cm³/mol. The monoisotopic (exact) mass is 177 g/mol. The summed E-state index contributed by atoms with van der Waals surface area (Å²) in [5, 5.41) is 17.7. The number of aromatic hydroxyl groups is 1. The van der Waals surface area contributed by atoms with Gasteiger partial charge in [0, 0.05) is 0 Å². The number of nitriles is 1. The number of hydrogen-bond donors (Lipinski definition) is 1. The van der Waals surface area contributed by atoms with Crippen LogP contribution in [0.5, 0.6) is 5.75 Å². The molecule has 0 saturated heterocycles. The number of phenolic OH excluding ortho intramolecular Hbond substituents is 1. The molecule has 1 aromatic carbocycles. The zero-order valence-electron chi connectivity index (χ0n) is 8.33. The van der Waals surface area contributed by atoms with Gasteiger partial charge in [-0.1, -0.05) is 26.8 Å². The summed E-state index contributed by atoms with van der Waals surface area (Å²) in [4.78, 5) is 0. The Balaban J connectivity index is 0.000000671. The van der Waals surface area contributed by atoms with Gasteiger partial charge in [-0.25, -0.2) is 0 Å². The number of aryl methyl sites for hydroxylation is 1. The molecule has 0 atom stereocenters. The van der Waals surface area contributed by atoms with E-state index in [-0.39, 0.29) is 5.75 Å². The molecule has 0 aromatic heterocycles. The maximum atomic E-state index is 9.27. The molecule has 1 N–H and O–H groups in total. The normalized spacial score (nSPS) is 8.15. The third-order valence-corrected chi connectivity index (χ3v) is 1.60. The Labute approximate surface area is 79.4 Å². The minimum Gasteiger partial charge on any atom is -0.508 e. The first-order valence-corrected chi connectivity index (χ1v) is 4.50. The lowest BCUT2D eigenvalue weighted by Crippen LogP contribution is -1.82. The highest BCUT2D eigenvalue weighted by Crippen LogP contribution is 2.18. The van der Waals surface area contributed by atoms with Crippen molar-refractivity contribution >= 4 is 0 Å². The van der Waals surface area contributed by atoms with Crippen molar-refractivity contribution in [1.29, 1.82) is 5.26 Å². The molecule has 1 rings (SSSR count). The molecule has 0 aliphatic rings. The Kier molecular flexibility index (Phi) is 5.38. The lowest BCUT2D eigenvalue weighted by molar-refractivity contribution is 0.468. The molecular weight excluding hydrogens is 162 g/mol. The average molecular weight is 177 g/mol. The summed E-state index contributed by atoms with van der Waals surface area (Å²) in [6.07, 6.45) is 0.789. The first-order chi connectivity index (χ1) is 6.27. The fraction of sp³-hybridized carbons (Fsp3) is 0.364. The minimum atomic E-state index is 0.214. The molecule has 0 unspecified atom stereocenters. The van der Waals surface area contributed by atoms with Crippen LogP contribution in [0.15, 0.2) is 18.2 Å². The molecule has 1 aromatic rings. The van der Waals surface area contributed by atoms with E-state index in [0.29, 0.717) is 5.56 Å². The van der Waals surface area contributed by atoms with Gasteiger partial charge in [0.2, 0.25) is 0 Å². The summed E-state index contributed by atoms with van der Waals surface area (Å²) in [5.41, 5.74) is 1.38. The van der Waals surface area contributed by atoms with Crippen molar-refractivity contribution in [1.82, 2.24) is 0 Å². The van der Waals surface area contributed by atoms with Gasteiger partial charge in [0.05, 0.1) is 11.6 Å². The highest BCUT2D eigenvalue weighted by Gasteiger charge is 1.98.